The van der Waals surface area contributed by atoms with E-state index in [1.54, 1.807) is 18.4 Å². The Morgan fingerprint density at radius 3 is 2.77 bits per heavy atom. The number of nitrogens with one attached hydrogen (secondary N) is 1. The molecule has 0 aliphatic rings. The minimum Gasteiger partial charge on any atom is -0.497 e. The number of hydrogen-bond donors (Lipinski definition) is 1. The molecule has 5 aromatic rings. The highest BCUT2D eigenvalue weighted by Gasteiger charge is 2.15. The number of amides is 1. The molecule has 0 aliphatic heterocycles. The van der Waals surface area contributed by atoms with E-state index in [2.05, 4.69) is 21.4 Å². The van der Waals surface area contributed by atoms with Crippen LogP contribution in [0, 0.1) is 0 Å². The van der Waals surface area contributed by atoms with Crippen LogP contribution in [0.3, 0.4) is 0 Å². The van der Waals surface area contributed by atoms with Gasteiger partial charge in [-0.2, -0.15) is 0 Å². The highest BCUT2D eigenvalue weighted by molar-refractivity contribution is 7.26. The Hall–Kier alpha value is -3.07. The molecule has 0 saturated carbocycles. The fourth-order valence-corrected chi connectivity index (χ4v) is 5.59. The van der Waals surface area contributed by atoms with E-state index in [0.717, 1.165) is 37.1 Å². The zero-order valence-corrected chi connectivity index (χ0v) is 18.2. The van der Waals surface area contributed by atoms with Crippen LogP contribution in [0.4, 0.5) is 5.13 Å². The zero-order chi connectivity index (χ0) is 20.5. The van der Waals surface area contributed by atoms with Crippen molar-refractivity contribution in [2.45, 2.75) is 0 Å². The number of carbonyl (C=O) groups is 1. The minimum atomic E-state index is -0.168. The van der Waals surface area contributed by atoms with E-state index in [0.29, 0.717) is 10.0 Å². The molecule has 3 aromatic heterocycles. The number of carbonyl (C=O) groups excluding carboxylic acids is 1. The summed E-state index contributed by atoms with van der Waals surface area (Å²) < 4.78 is 6.41. The third kappa shape index (κ3) is 3.72. The van der Waals surface area contributed by atoms with Gasteiger partial charge in [0, 0.05) is 10.9 Å². The Labute approximate surface area is 184 Å². The van der Waals surface area contributed by atoms with E-state index in [4.69, 9.17) is 4.74 Å². The van der Waals surface area contributed by atoms with Crippen LogP contribution in [0.25, 0.3) is 31.4 Å². The lowest BCUT2D eigenvalue weighted by atomic mass is 10.2. The summed E-state index contributed by atoms with van der Waals surface area (Å²) in [5.74, 6) is 0.603. The van der Waals surface area contributed by atoms with Gasteiger partial charge in [-0.3, -0.25) is 10.1 Å². The van der Waals surface area contributed by atoms with Gasteiger partial charge in [-0.05, 0) is 36.4 Å². The number of thiophene rings is 1. The number of thiazole rings is 2. The lowest BCUT2D eigenvalue weighted by molar-refractivity contribution is 0.103. The predicted octanol–water partition coefficient (Wildman–Crippen LogP) is 6.41. The average Bonchev–Trinajstić information content (AvgIpc) is 3.52. The van der Waals surface area contributed by atoms with Crippen molar-refractivity contribution in [1.82, 2.24) is 9.97 Å². The normalized spacial score (nSPS) is 11.0. The molecule has 5 rings (SSSR count). The van der Waals surface area contributed by atoms with Crippen LogP contribution < -0.4 is 10.1 Å². The van der Waals surface area contributed by atoms with Crippen LogP contribution >= 0.6 is 34.0 Å². The molecule has 0 fully saturated rings. The topological polar surface area (TPSA) is 64.1 Å². The summed E-state index contributed by atoms with van der Waals surface area (Å²) in [5, 5.41) is 6.31. The molecular weight excluding hydrogens is 434 g/mol. The first-order chi connectivity index (χ1) is 14.7. The molecule has 0 unspecified atom stereocenters. The Balaban J connectivity index is 1.33. The molecule has 148 valence electrons. The fourth-order valence-electron chi connectivity index (χ4n) is 2.96. The summed E-state index contributed by atoms with van der Waals surface area (Å²) in [5.41, 5.74) is 2.72. The maximum atomic E-state index is 12.7. The molecule has 0 saturated heterocycles. The lowest BCUT2D eigenvalue weighted by Gasteiger charge is -2.01. The summed E-state index contributed by atoms with van der Waals surface area (Å²) >= 11 is 4.46. The highest BCUT2D eigenvalue weighted by atomic mass is 32.1. The smallest absolute Gasteiger partial charge is 0.267 e. The van der Waals surface area contributed by atoms with Gasteiger partial charge in [0.15, 0.2) is 5.13 Å². The summed E-state index contributed by atoms with van der Waals surface area (Å²) in [7, 11) is 1.63. The number of methoxy groups -OCH3 is 1. The van der Waals surface area contributed by atoms with E-state index in [1.165, 1.54) is 22.7 Å². The number of fused-ring (bicyclic) bond motifs is 1. The molecule has 1 N–H and O–H groups in total. The largest absolute Gasteiger partial charge is 0.497 e. The van der Waals surface area contributed by atoms with E-state index in [1.807, 2.05) is 60.0 Å². The number of para-hydroxylation sites is 1. The number of nitrogens with zero attached hydrogens (tertiary/aromatic N) is 2. The van der Waals surface area contributed by atoms with Crippen LogP contribution in [0.5, 0.6) is 5.75 Å². The van der Waals surface area contributed by atoms with Gasteiger partial charge in [0.25, 0.3) is 5.91 Å². The minimum absolute atomic E-state index is 0.168. The quantitative estimate of drug-likeness (QED) is 0.337. The second kappa shape index (κ2) is 7.98. The van der Waals surface area contributed by atoms with Crippen molar-refractivity contribution < 1.29 is 9.53 Å². The first kappa shape index (κ1) is 18.9. The maximum Gasteiger partial charge on any atom is 0.267 e. The zero-order valence-electron chi connectivity index (χ0n) is 15.8. The molecule has 8 heteroatoms. The summed E-state index contributed by atoms with van der Waals surface area (Å²) in [6.07, 6.45) is 0. The van der Waals surface area contributed by atoms with Crippen molar-refractivity contribution in [3.8, 4) is 26.9 Å². The summed E-state index contributed by atoms with van der Waals surface area (Å²) in [6, 6.07) is 19.5. The van der Waals surface area contributed by atoms with Crippen molar-refractivity contribution in [2.75, 3.05) is 12.4 Å². The van der Waals surface area contributed by atoms with Crippen LogP contribution in [-0.2, 0) is 0 Å². The van der Waals surface area contributed by atoms with E-state index >= 15 is 0 Å². The molecule has 5 nitrogen and oxygen atoms in total. The first-order valence-corrected chi connectivity index (χ1v) is 11.6. The van der Waals surface area contributed by atoms with Crippen molar-refractivity contribution in [1.29, 1.82) is 0 Å². The molecule has 3 heterocycles. The number of anilines is 1. The molecule has 30 heavy (non-hydrogen) atoms. The van der Waals surface area contributed by atoms with Gasteiger partial charge in [-0.15, -0.1) is 34.0 Å². The number of benzene rings is 2. The molecule has 2 aromatic carbocycles. The van der Waals surface area contributed by atoms with Crippen molar-refractivity contribution in [3.63, 3.8) is 0 Å². The molecule has 0 atom stereocenters. The van der Waals surface area contributed by atoms with Crippen LogP contribution in [0.2, 0.25) is 0 Å². The molecule has 0 aliphatic carbocycles. The Morgan fingerprint density at radius 2 is 1.90 bits per heavy atom. The maximum absolute atomic E-state index is 12.7. The number of ether oxygens (including phenoxy) is 1. The van der Waals surface area contributed by atoms with E-state index in [9.17, 15) is 4.79 Å². The van der Waals surface area contributed by atoms with Gasteiger partial charge in [0.2, 0.25) is 0 Å². The number of aromatic nitrogens is 2. The van der Waals surface area contributed by atoms with Crippen LogP contribution in [0.15, 0.2) is 66.0 Å². The first-order valence-electron chi connectivity index (χ1n) is 9.07. The monoisotopic (exact) mass is 449 g/mol. The summed E-state index contributed by atoms with van der Waals surface area (Å²) in [4.78, 5) is 23.5. The second-order valence-corrected chi connectivity index (χ2v) is 9.35. The molecular formula is C22H15N3O2S3. The van der Waals surface area contributed by atoms with Crippen molar-refractivity contribution in [3.05, 3.63) is 70.9 Å². The Morgan fingerprint density at radius 1 is 1.00 bits per heavy atom. The second-order valence-electron chi connectivity index (χ2n) is 6.37. The molecule has 1 amide bonds. The van der Waals surface area contributed by atoms with Gasteiger partial charge >= 0.3 is 0 Å². The molecule has 0 radical (unpaired) electrons. The van der Waals surface area contributed by atoms with Crippen molar-refractivity contribution >= 4 is 55.3 Å². The molecule has 0 bridgehead atoms. The SMILES string of the molecule is COc1cccc(-c2csc(NC(=O)c3ccc(-c4nc5ccccc5s4)s3)n2)c1. The third-order valence-corrected chi connectivity index (χ3v) is 7.47. The fraction of sp³-hybridized carbons (Fsp3) is 0.0455. The van der Waals surface area contributed by atoms with Gasteiger partial charge in [0.05, 0.1) is 32.8 Å². The van der Waals surface area contributed by atoms with Crippen LogP contribution in [-0.4, -0.2) is 23.0 Å². The van der Waals surface area contributed by atoms with Gasteiger partial charge < -0.3 is 4.74 Å². The van der Waals surface area contributed by atoms with E-state index in [-0.39, 0.29) is 5.91 Å². The van der Waals surface area contributed by atoms with E-state index < -0.39 is 0 Å². The highest BCUT2D eigenvalue weighted by Crippen LogP contribution is 2.35. The Bertz CT molecular complexity index is 1320. The number of hydrogen-bond acceptors (Lipinski definition) is 7. The third-order valence-electron chi connectivity index (χ3n) is 4.42. The van der Waals surface area contributed by atoms with Crippen LogP contribution in [0.1, 0.15) is 9.67 Å². The van der Waals surface area contributed by atoms with Crippen molar-refractivity contribution in [2.24, 2.45) is 0 Å². The number of rotatable bonds is 5. The predicted molar refractivity (Wildman–Crippen MR) is 125 cm³/mol. The molecule has 0 spiro atoms. The van der Waals surface area contributed by atoms with Gasteiger partial charge in [-0.1, -0.05) is 24.3 Å². The van der Waals surface area contributed by atoms with Gasteiger partial charge in [0.1, 0.15) is 10.8 Å². The standard InChI is InChI=1S/C22H15N3O2S3/c1-27-14-6-4-5-13(11-14)16-12-28-22(24-16)25-20(26)18-9-10-19(29-18)21-23-15-7-2-3-8-17(15)30-21/h2-12H,1H3,(H,24,25,26). The van der Waals surface area contributed by atoms with Gasteiger partial charge in [-0.25, -0.2) is 9.97 Å². The lowest BCUT2D eigenvalue weighted by Crippen LogP contribution is -2.09. The summed E-state index contributed by atoms with van der Waals surface area (Å²) in [6.45, 7) is 0. The Kier molecular flexibility index (Phi) is 5.04. The average molecular weight is 450 g/mol.